The van der Waals surface area contributed by atoms with Crippen molar-refractivity contribution in [2.24, 2.45) is 0 Å². The molecular weight excluding hydrogens is 250 g/mol. The van der Waals surface area contributed by atoms with Crippen LogP contribution in [0.15, 0.2) is 47.3 Å². The lowest BCUT2D eigenvalue weighted by Gasteiger charge is -2.07. The summed E-state index contributed by atoms with van der Waals surface area (Å²) in [5.41, 5.74) is 1.76. The van der Waals surface area contributed by atoms with Gasteiger partial charge in [-0.1, -0.05) is 25.5 Å². The van der Waals surface area contributed by atoms with Crippen LogP contribution in [-0.2, 0) is 0 Å². The van der Waals surface area contributed by atoms with E-state index in [1.54, 1.807) is 0 Å². The molecule has 3 heteroatoms. The summed E-state index contributed by atoms with van der Waals surface area (Å²) in [5, 5.41) is 1.39. The van der Waals surface area contributed by atoms with Gasteiger partial charge >= 0.3 is 0 Å². The van der Waals surface area contributed by atoms with Crippen LogP contribution in [-0.4, -0.2) is 11.6 Å². The van der Waals surface area contributed by atoms with Gasteiger partial charge in [0.1, 0.15) is 5.75 Å². The molecule has 0 unspecified atom stereocenters. The van der Waals surface area contributed by atoms with Crippen LogP contribution >= 0.6 is 0 Å². The van der Waals surface area contributed by atoms with E-state index in [2.05, 4.69) is 11.9 Å². The molecule has 0 saturated heterocycles. The third-order valence-electron chi connectivity index (χ3n) is 3.44. The van der Waals surface area contributed by atoms with Crippen LogP contribution in [0.5, 0.6) is 5.75 Å². The van der Waals surface area contributed by atoms with Gasteiger partial charge in [0.2, 0.25) is 0 Å². The molecule has 3 nitrogen and oxygen atoms in total. The molecule has 0 amide bonds. The van der Waals surface area contributed by atoms with Gasteiger partial charge in [0.25, 0.3) is 0 Å². The number of aromatic nitrogens is 1. The zero-order valence-electron chi connectivity index (χ0n) is 11.5. The molecule has 0 atom stereocenters. The quantitative estimate of drug-likeness (QED) is 0.576. The Kier molecular flexibility index (Phi) is 3.42. The SMILES string of the molecule is CCCCOc1ccc2[nH]c3ccccc3c(=O)c2c1. The van der Waals surface area contributed by atoms with E-state index in [4.69, 9.17) is 4.74 Å². The van der Waals surface area contributed by atoms with Crippen LogP contribution in [0.4, 0.5) is 0 Å². The van der Waals surface area contributed by atoms with Crippen LogP contribution < -0.4 is 10.2 Å². The summed E-state index contributed by atoms with van der Waals surface area (Å²) in [6, 6.07) is 13.2. The molecule has 0 aliphatic carbocycles. The molecule has 1 heterocycles. The highest BCUT2D eigenvalue weighted by molar-refractivity contribution is 5.92. The highest BCUT2D eigenvalue weighted by Crippen LogP contribution is 2.20. The molecule has 3 aromatic rings. The van der Waals surface area contributed by atoms with Crippen LogP contribution in [0, 0.1) is 0 Å². The predicted octanol–water partition coefficient (Wildman–Crippen LogP) is 3.86. The predicted molar refractivity (Wildman–Crippen MR) is 82.5 cm³/mol. The molecule has 1 aromatic heterocycles. The molecule has 0 spiro atoms. The number of hydrogen-bond donors (Lipinski definition) is 1. The van der Waals surface area contributed by atoms with Gasteiger partial charge in [-0.25, -0.2) is 0 Å². The van der Waals surface area contributed by atoms with Crippen molar-refractivity contribution in [2.75, 3.05) is 6.61 Å². The van der Waals surface area contributed by atoms with E-state index in [1.807, 2.05) is 42.5 Å². The highest BCUT2D eigenvalue weighted by Gasteiger charge is 2.06. The molecule has 0 bridgehead atoms. The van der Waals surface area contributed by atoms with Crippen molar-refractivity contribution >= 4 is 21.8 Å². The van der Waals surface area contributed by atoms with Gasteiger partial charge in [-0.15, -0.1) is 0 Å². The molecule has 1 N–H and O–H groups in total. The van der Waals surface area contributed by atoms with E-state index in [1.165, 1.54) is 0 Å². The molecule has 0 fully saturated rings. The normalized spacial score (nSPS) is 11.1. The van der Waals surface area contributed by atoms with Crippen molar-refractivity contribution in [2.45, 2.75) is 19.8 Å². The average Bonchev–Trinajstić information content (AvgIpc) is 2.48. The maximum absolute atomic E-state index is 12.5. The number of benzene rings is 2. The lowest BCUT2D eigenvalue weighted by molar-refractivity contribution is 0.310. The Morgan fingerprint density at radius 1 is 1.05 bits per heavy atom. The minimum absolute atomic E-state index is 0.0512. The number of rotatable bonds is 4. The minimum Gasteiger partial charge on any atom is -0.494 e. The number of para-hydroxylation sites is 1. The fourth-order valence-corrected chi connectivity index (χ4v) is 2.32. The molecule has 20 heavy (non-hydrogen) atoms. The summed E-state index contributed by atoms with van der Waals surface area (Å²) in [5.74, 6) is 0.756. The Morgan fingerprint density at radius 2 is 1.85 bits per heavy atom. The molecule has 0 radical (unpaired) electrons. The Balaban J connectivity index is 2.11. The summed E-state index contributed by atoms with van der Waals surface area (Å²) in [4.78, 5) is 15.8. The Hall–Kier alpha value is -2.29. The summed E-state index contributed by atoms with van der Waals surface area (Å²) >= 11 is 0. The lowest BCUT2D eigenvalue weighted by Crippen LogP contribution is -2.04. The van der Waals surface area contributed by atoms with E-state index >= 15 is 0 Å². The van der Waals surface area contributed by atoms with Gasteiger partial charge < -0.3 is 9.72 Å². The number of fused-ring (bicyclic) bond motifs is 2. The van der Waals surface area contributed by atoms with Crippen molar-refractivity contribution in [3.63, 3.8) is 0 Å². The van der Waals surface area contributed by atoms with Gasteiger partial charge in [0.05, 0.1) is 12.1 Å². The van der Waals surface area contributed by atoms with Crippen molar-refractivity contribution in [3.8, 4) is 5.75 Å². The first kappa shape index (κ1) is 12.7. The van der Waals surface area contributed by atoms with E-state index in [0.29, 0.717) is 17.4 Å². The first-order chi connectivity index (χ1) is 9.79. The van der Waals surface area contributed by atoms with Gasteiger partial charge in [-0.05, 0) is 36.8 Å². The largest absolute Gasteiger partial charge is 0.494 e. The van der Waals surface area contributed by atoms with E-state index in [-0.39, 0.29) is 5.43 Å². The topological polar surface area (TPSA) is 42.1 Å². The van der Waals surface area contributed by atoms with Gasteiger partial charge in [-0.3, -0.25) is 4.79 Å². The highest BCUT2D eigenvalue weighted by atomic mass is 16.5. The van der Waals surface area contributed by atoms with Gasteiger partial charge in [0.15, 0.2) is 5.43 Å². The fourth-order valence-electron chi connectivity index (χ4n) is 2.32. The van der Waals surface area contributed by atoms with E-state index in [9.17, 15) is 4.79 Å². The van der Waals surface area contributed by atoms with Crippen LogP contribution in [0.1, 0.15) is 19.8 Å². The molecular formula is C17H17NO2. The third-order valence-corrected chi connectivity index (χ3v) is 3.44. The molecule has 0 aliphatic rings. The maximum atomic E-state index is 12.5. The van der Waals surface area contributed by atoms with Crippen molar-refractivity contribution < 1.29 is 4.74 Å². The minimum atomic E-state index is 0.0512. The van der Waals surface area contributed by atoms with E-state index < -0.39 is 0 Å². The van der Waals surface area contributed by atoms with Crippen molar-refractivity contribution in [3.05, 3.63) is 52.7 Å². The Bertz CT molecular complexity index is 805. The second-order valence-electron chi connectivity index (χ2n) is 4.91. The van der Waals surface area contributed by atoms with Gasteiger partial charge in [-0.2, -0.15) is 0 Å². The molecule has 0 saturated carbocycles. The smallest absolute Gasteiger partial charge is 0.197 e. The number of hydrogen-bond acceptors (Lipinski definition) is 2. The van der Waals surface area contributed by atoms with Crippen molar-refractivity contribution in [1.82, 2.24) is 4.98 Å². The monoisotopic (exact) mass is 267 g/mol. The third kappa shape index (κ3) is 2.27. The maximum Gasteiger partial charge on any atom is 0.197 e. The van der Waals surface area contributed by atoms with Gasteiger partial charge in [0, 0.05) is 16.3 Å². The summed E-state index contributed by atoms with van der Waals surface area (Å²) in [6.45, 7) is 2.81. The van der Waals surface area contributed by atoms with E-state index in [0.717, 1.165) is 29.6 Å². The van der Waals surface area contributed by atoms with Crippen LogP contribution in [0.3, 0.4) is 0 Å². The Labute approximate surface area is 117 Å². The number of aromatic amines is 1. The summed E-state index contributed by atoms with van der Waals surface area (Å²) < 4.78 is 5.67. The summed E-state index contributed by atoms with van der Waals surface area (Å²) in [7, 11) is 0. The summed E-state index contributed by atoms with van der Waals surface area (Å²) in [6.07, 6.45) is 2.12. The number of ether oxygens (including phenoxy) is 1. The zero-order valence-corrected chi connectivity index (χ0v) is 11.5. The standard InChI is InChI=1S/C17H17NO2/c1-2-3-10-20-12-8-9-16-14(11-12)17(19)13-6-4-5-7-15(13)18-16/h4-9,11H,2-3,10H2,1H3,(H,18,19). The average molecular weight is 267 g/mol. The second kappa shape index (κ2) is 5.37. The molecule has 102 valence electrons. The Morgan fingerprint density at radius 3 is 2.70 bits per heavy atom. The number of H-pyrrole nitrogens is 1. The van der Waals surface area contributed by atoms with Crippen LogP contribution in [0.2, 0.25) is 0 Å². The number of pyridine rings is 1. The fraction of sp³-hybridized carbons (Fsp3) is 0.235. The molecule has 2 aromatic carbocycles. The second-order valence-corrected chi connectivity index (χ2v) is 4.91. The zero-order chi connectivity index (χ0) is 13.9. The van der Waals surface area contributed by atoms with Crippen molar-refractivity contribution in [1.29, 1.82) is 0 Å². The first-order valence-electron chi connectivity index (χ1n) is 6.97. The molecule has 0 aliphatic heterocycles. The number of nitrogens with one attached hydrogen (secondary N) is 1. The van der Waals surface area contributed by atoms with Crippen LogP contribution in [0.25, 0.3) is 21.8 Å². The number of unbranched alkanes of at least 4 members (excludes halogenated alkanes) is 1. The first-order valence-corrected chi connectivity index (χ1v) is 6.97. The molecule has 3 rings (SSSR count). The lowest BCUT2D eigenvalue weighted by atomic mass is 10.1.